The van der Waals surface area contributed by atoms with E-state index < -0.39 is 5.41 Å². The maximum Gasteiger partial charge on any atom is 0.229 e. The molecule has 0 atom stereocenters. The van der Waals surface area contributed by atoms with Gasteiger partial charge in [0.05, 0.1) is 12.8 Å². The van der Waals surface area contributed by atoms with Crippen molar-refractivity contribution < 1.29 is 9.53 Å². The molecule has 0 unspecified atom stereocenters. The van der Waals surface area contributed by atoms with Crippen LogP contribution in [0.1, 0.15) is 31.9 Å². The fraction of sp³-hybridized carbons (Fsp3) is 0.250. The van der Waals surface area contributed by atoms with Gasteiger partial charge in [0.25, 0.3) is 0 Å². The van der Waals surface area contributed by atoms with Crippen LogP contribution >= 0.6 is 0 Å². The quantitative estimate of drug-likeness (QED) is 0.849. The molecule has 2 aromatic rings. The first-order valence-corrected chi connectivity index (χ1v) is 7.47. The Labute approximate surface area is 137 Å². The van der Waals surface area contributed by atoms with Crippen molar-refractivity contribution in [1.82, 2.24) is 0 Å². The molecule has 118 valence electrons. The molecule has 0 radical (unpaired) electrons. The molecule has 0 aliphatic carbocycles. The summed E-state index contributed by atoms with van der Waals surface area (Å²) in [5, 5.41) is 2.94. The van der Waals surface area contributed by atoms with Crippen molar-refractivity contribution in [2.75, 3.05) is 12.4 Å². The number of hydrogen-bond donors (Lipinski definition) is 1. The zero-order valence-corrected chi connectivity index (χ0v) is 13.9. The number of anilines is 1. The van der Waals surface area contributed by atoms with Gasteiger partial charge in [0.2, 0.25) is 5.91 Å². The van der Waals surface area contributed by atoms with Gasteiger partial charge in [-0.05, 0) is 36.4 Å². The molecule has 0 fully saturated rings. The molecule has 0 spiro atoms. The molecule has 2 rings (SSSR count). The van der Waals surface area contributed by atoms with Crippen LogP contribution in [0.3, 0.4) is 0 Å². The number of carbonyl (C=O) groups excluding carboxylic acids is 1. The lowest BCUT2D eigenvalue weighted by atomic mass is 9.95. The number of carbonyl (C=O) groups is 1. The van der Waals surface area contributed by atoms with E-state index in [9.17, 15) is 4.79 Å². The Morgan fingerprint density at radius 1 is 1.00 bits per heavy atom. The summed E-state index contributed by atoms with van der Waals surface area (Å²) in [6, 6.07) is 15.1. The first kappa shape index (κ1) is 16.6. The van der Waals surface area contributed by atoms with Crippen LogP contribution in [0, 0.1) is 17.3 Å². The van der Waals surface area contributed by atoms with Gasteiger partial charge in [-0.15, -0.1) is 0 Å². The van der Waals surface area contributed by atoms with Crippen LogP contribution in [0.15, 0.2) is 48.5 Å². The molecule has 3 heteroatoms. The molecule has 1 N–H and O–H groups in total. The molecular weight excluding hydrogens is 286 g/mol. The minimum atomic E-state index is -0.448. The van der Waals surface area contributed by atoms with Crippen LogP contribution in [-0.2, 0) is 4.79 Å². The molecule has 0 saturated heterocycles. The lowest BCUT2D eigenvalue weighted by Crippen LogP contribution is -2.27. The van der Waals surface area contributed by atoms with Crippen molar-refractivity contribution in [2.45, 2.75) is 20.8 Å². The van der Waals surface area contributed by atoms with E-state index in [1.54, 1.807) is 7.11 Å². The molecule has 23 heavy (non-hydrogen) atoms. The molecule has 0 saturated carbocycles. The number of rotatable bonds is 2. The van der Waals surface area contributed by atoms with E-state index in [4.69, 9.17) is 4.74 Å². The molecule has 0 aliphatic heterocycles. The van der Waals surface area contributed by atoms with Crippen molar-refractivity contribution >= 4 is 11.6 Å². The van der Waals surface area contributed by atoms with Crippen molar-refractivity contribution in [1.29, 1.82) is 0 Å². The van der Waals surface area contributed by atoms with Crippen molar-refractivity contribution in [2.24, 2.45) is 5.41 Å². The van der Waals surface area contributed by atoms with Crippen LogP contribution in [0.25, 0.3) is 0 Å². The molecule has 3 nitrogen and oxygen atoms in total. The Bertz CT molecular complexity index is 744. The van der Waals surface area contributed by atoms with Crippen LogP contribution in [-0.4, -0.2) is 13.0 Å². The molecule has 0 heterocycles. The van der Waals surface area contributed by atoms with Gasteiger partial charge in [0, 0.05) is 16.5 Å². The first-order valence-electron chi connectivity index (χ1n) is 7.47. The first-order chi connectivity index (χ1) is 10.9. The minimum Gasteiger partial charge on any atom is -0.497 e. The van der Waals surface area contributed by atoms with E-state index in [2.05, 4.69) is 17.2 Å². The summed E-state index contributed by atoms with van der Waals surface area (Å²) in [5.41, 5.74) is 1.97. The van der Waals surface area contributed by atoms with E-state index in [1.165, 1.54) is 0 Å². The summed E-state index contributed by atoms with van der Waals surface area (Å²) in [6.45, 7) is 5.65. The van der Waals surface area contributed by atoms with Crippen molar-refractivity contribution in [3.8, 4) is 17.6 Å². The number of para-hydroxylation sites is 1. The highest BCUT2D eigenvalue weighted by Gasteiger charge is 2.21. The second-order valence-corrected chi connectivity index (χ2v) is 6.23. The zero-order valence-electron chi connectivity index (χ0n) is 13.9. The molecule has 0 bridgehead atoms. The van der Waals surface area contributed by atoms with Crippen LogP contribution in [0.4, 0.5) is 5.69 Å². The average Bonchev–Trinajstić information content (AvgIpc) is 2.53. The Morgan fingerprint density at radius 2 is 1.65 bits per heavy atom. The molecule has 0 aliphatic rings. The number of hydrogen-bond acceptors (Lipinski definition) is 2. The van der Waals surface area contributed by atoms with Crippen LogP contribution in [0.5, 0.6) is 5.75 Å². The molecular formula is C20H21NO2. The second kappa shape index (κ2) is 7.02. The largest absolute Gasteiger partial charge is 0.497 e. The summed E-state index contributed by atoms with van der Waals surface area (Å²) < 4.78 is 5.13. The third kappa shape index (κ3) is 4.62. The Balaban J connectivity index is 2.24. The highest BCUT2D eigenvalue weighted by Crippen LogP contribution is 2.20. The van der Waals surface area contributed by atoms with Gasteiger partial charge >= 0.3 is 0 Å². The normalized spacial score (nSPS) is 10.4. The third-order valence-corrected chi connectivity index (χ3v) is 3.29. The highest BCUT2D eigenvalue weighted by atomic mass is 16.5. The van der Waals surface area contributed by atoms with Gasteiger partial charge in [0.1, 0.15) is 5.75 Å². The molecule has 0 aromatic heterocycles. The highest BCUT2D eigenvalue weighted by molar-refractivity contribution is 5.95. The van der Waals surface area contributed by atoms with Gasteiger partial charge in [-0.25, -0.2) is 0 Å². The van der Waals surface area contributed by atoms with E-state index in [0.29, 0.717) is 0 Å². The summed E-state index contributed by atoms with van der Waals surface area (Å²) in [4.78, 5) is 12.2. The van der Waals surface area contributed by atoms with E-state index >= 15 is 0 Å². The lowest BCUT2D eigenvalue weighted by molar-refractivity contribution is -0.123. The Morgan fingerprint density at radius 3 is 2.26 bits per heavy atom. The minimum absolute atomic E-state index is 0.0313. The maximum atomic E-state index is 12.2. The SMILES string of the molecule is COc1ccc(C#Cc2ccccc2NC(=O)C(C)(C)C)cc1. The average molecular weight is 307 g/mol. The fourth-order valence-corrected chi connectivity index (χ4v) is 1.82. The number of methoxy groups -OCH3 is 1. The van der Waals surface area contributed by atoms with E-state index in [1.807, 2.05) is 69.3 Å². The van der Waals surface area contributed by atoms with E-state index in [-0.39, 0.29) is 5.91 Å². The monoisotopic (exact) mass is 307 g/mol. The Kier molecular flexibility index (Phi) is 5.08. The number of benzene rings is 2. The van der Waals surface area contributed by atoms with Crippen molar-refractivity contribution in [3.63, 3.8) is 0 Å². The summed E-state index contributed by atoms with van der Waals surface area (Å²) in [5.74, 6) is 6.99. The zero-order chi connectivity index (χ0) is 16.9. The van der Waals surface area contributed by atoms with Gasteiger partial charge < -0.3 is 10.1 Å². The topological polar surface area (TPSA) is 38.3 Å². The van der Waals surface area contributed by atoms with Crippen LogP contribution in [0.2, 0.25) is 0 Å². The van der Waals surface area contributed by atoms with Gasteiger partial charge in [-0.3, -0.25) is 4.79 Å². The number of nitrogens with one attached hydrogen (secondary N) is 1. The summed E-state index contributed by atoms with van der Waals surface area (Å²) in [7, 11) is 1.63. The molecule has 1 amide bonds. The van der Waals surface area contributed by atoms with Gasteiger partial charge in [-0.2, -0.15) is 0 Å². The molecule has 2 aromatic carbocycles. The standard InChI is InChI=1S/C20H21NO2/c1-20(2,3)19(22)21-18-8-6-5-7-16(18)12-9-15-10-13-17(23-4)14-11-15/h5-8,10-11,13-14H,1-4H3,(H,21,22). The fourth-order valence-electron chi connectivity index (χ4n) is 1.82. The van der Waals surface area contributed by atoms with Gasteiger partial charge in [-0.1, -0.05) is 44.7 Å². The van der Waals surface area contributed by atoms with Gasteiger partial charge in [0.15, 0.2) is 0 Å². The third-order valence-electron chi connectivity index (χ3n) is 3.29. The second-order valence-electron chi connectivity index (χ2n) is 6.23. The van der Waals surface area contributed by atoms with Crippen LogP contribution < -0.4 is 10.1 Å². The summed E-state index contributed by atoms with van der Waals surface area (Å²) in [6.07, 6.45) is 0. The van der Waals surface area contributed by atoms with Crippen molar-refractivity contribution in [3.05, 3.63) is 59.7 Å². The Hall–Kier alpha value is -2.73. The smallest absolute Gasteiger partial charge is 0.229 e. The summed E-state index contributed by atoms with van der Waals surface area (Å²) >= 11 is 0. The number of ether oxygens (including phenoxy) is 1. The predicted molar refractivity (Wildman–Crippen MR) is 93.5 cm³/mol. The lowest BCUT2D eigenvalue weighted by Gasteiger charge is -2.18. The maximum absolute atomic E-state index is 12.2. The number of amides is 1. The van der Waals surface area contributed by atoms with E-state index in [0.717, 1.165) is 22.6 Å². The predicted octanol–water partition coefficient (Wildman–Crippen LogP) is 4.08.